The van der Waals surface area contributed by atoms with Gasteiger partial charge in [-0.25, -0.2) is 8.42 Å². The van der Waals surface area contributed by atoms with Gasteiger partial charge in [0.1, 0.15) is 6.04 Å². The Kier molecular flexibility index (Phi) is 5.11. The molecule has 0 saturated carbocycles. The molecule has 6 heteroatoms. The molecule has 3 rings (SSSR count). The number of carbonyl (C=O) groups is 1. The van der Waals surface area contributed by atoms with Crippen LogP contribution < -0.4 is 5.32 Å². The van der Waals surface area contributed by atoms with Crippen molar-refractivity contribution < 1.29 is 13.2 Å². The molecule has 1 aliphatic heterocycles. The summed E-state index contributed by atoms with van der Waals surface area (Å²) in [5.74, 6) is -0.217. The highest BCUT2D eigenvalue weighted by molar-refractivity contribution is 7.88. The third kappa shape index (κ3) is 3.85. The predicted molar refractivity (Wildman–Crippen MR) is 99.7 cm³/mol. The second-order valence-electron chi connectivity index (χ2n) is 6.68. The Hall–Kier alpha value is -1.92. The van der Waals surface area contributed by atoms with Gasteiger partial charge in [0.2, 0.25) is 15.9 Å². The van der Waals surface area contributed by atoms with Gasteiger partial charge in [-0.1, -0.05) is 48.9 Å². The Balaban J connectivity index is 1.82. The molecule has 2 aromatic carbocycles. The van der Waals surface area contributed by atoms with Crippen molar-refractivity contribution in [2.24, 2.45) is 0 Å². The van der Waals surface area contributed by atoms with Crippen molar-refractivity contribution in [2.75, 3.05) is 12.8 Å². The van der Waals surface area contributed by atoms with Crippen molar-refractivity contribution in [3.05, 3.63) is 48.0 Å². The fraction of sp³-hybridized carbons (Fsp3) is 0.421. The monoisotopic (exact) mass is 360 g/mol. The van der Waals surface area contributed by atoms with E-state index in [1.165, 1.54) is 10.6 Å². The zero-order valence-electron chi connectivity index (χ0n) is 14.6. The van der Waals surface area contributed by atoms with Gasteiger partial charge in [0.15, 0.2) is 0 Å². The molecule has 1 heterocycles. The number of sulfonamides is 1. The quantitative estimate of drug-likeness (QED) is 0.912. The Bertz CT molecular complexity index is 874. The maximum absolute atomic E-state index is 12.8. The van der Waals surface area contributed by atoms with Crippen LogP contribution in [0.25, 0.3) is 10.8 Å². The van der Waals surface area contributed by atoms with Gasteiger partial charge in [0.05, 0.1) is 12.3 Å². The summed E-state index contributed by atoms with van der Waals surface area (Å²) < 4.78 is 25.3. The molecule has 134 valence electrons. The van der Waals surface area contributed by atoms with Gasteiger partial charge in [-0.3, -0.25) is 4.79 Å². The second-order valence-corrected chi connectivity index (χ2v) is 8.62. The van der Waals surface area contributed by atoms with Crippen LogP contribution in [-0.2, 0) is 14.8 Å². The van der Waals surface area contributed by atoms with Crippen LogP contribution in [0.15, 0.2) is 42.5 Å². The van der Waals surface area contributed by atoms with E-state index in [4.69, 9.17) is 0 Å². The van der Waals surface area contributed by atoms with E-state index in [-0.39, 0.29) is 11.9 Å². The van der Waals surface area contributed by atoms with Gasteiger partial charge in [0, 0.05) is 6.54 Å². The summed E-state index contributed by atoms with van der Waals surface area (Å²) in [7, 11) is -3.38. The predicted octanol–water partition coefficient (Wildman–Crippen LogP) is 2.83. The van der Waals surface area contributed by atoms with Crippen LogP contribution >= 0.6 is 0 Å². The standard InChI is InChI=1S/C19H24N2O3S/c1-14(16-11-7-9-15-8-3-4-10-17(15)16)20-19(22)18-12-5-6-13-21(18)25(2,23)24/h3-4,7-11,14,18H,5-6,12-13H2,1-2H3,(H,20,22). The molecule has 2 atom stereocenters. The molecule has 1 N–H and O–H groups in total. The lowest BCUT2D eigenvalue weighted by Gasteiger charge is -2.33. The van der Waals surface area contributed by atoms with Gasteiger partial charge >= 0.3 is 0 Å². The molecule has 0 bridgehead atoms. The molecular formula is C19H24N2O3S. The summed E-state index contributed by atoms with van der Waals surface area (Å²) in [4.78, 5) is 12.8. The average molecular weight is 360 g/mol. The van der Waals surface area contributed by atoms with Gasteiger partial charge in [-0.05, 0) is 36.1 Å². The summed E-state index contributed by atoms with van der Waals surface area (Å²) >= 11 is 0. The van der Waals surface area contributed by atoms with E-state index in [1.807, 2.05) is 49.4 Å². The van der Waals surface area contributed by atoms with Gasteiger partial charge in [0.25, 0.3) is 0 Å². The van der Waals surface area contributed by atoms with Crippen molar-refractivity contribution in [3.63, 3.8) is 0 Å². The maximum atomic E-state index is 12.8. The van der Waals surface area contributed by atoms with Crippen molar-refractivity contribution in [2.45, 2.75) is 38.3 Å². The molecule has 5 nitrogen and oxygen atoms in total. The van der Waals surface area contributed by atoms with E-state index in [0.29, 0.717) is 13.0 Å². The van der Waals surface area contributed by atoms with E-state index in [0.717, 1.165) is 29.2 Å². The molecule has 0 radical (unpaired) electrons. The average Bonchev–Trinajstić information content (AvgIpc) is 2.60. The van der Waals surface area contributed by atoms with Crippen LogP contribution in [0.4, 0.5) is 0 Å². The van der Waals surface area contributed by atoms with Crippen molar-refractivity contribution >= 4 is 26.7 Å². The van der Waals surface area contributed by atoms with E-state index in [9.17, 15) is 13.2 Å². The first-order valence-corrected chi connectivity index (χ1v) is 10.5. The second kappa shape index (κ2) is 7.14. The lowest BCUT2D eigenvalue weighted by Crippen LogP contribution is -2.51. The topological polar surface area (TPSA) is 66.5 Å². The normalized spacial score (nSPS) is 20.3. The van der Waals surface area contributed by atoms with Crippen molar-refractivity contribution in [3.8, 4) is 0 Å². The highest BCUT2D eigenvalue weighted by Gasteiger charge is 2.34. The minimum absolute atomic E-state index is 0.193. The van der Waals surface area contributed by atoms with Gasteiger partial charge in [-0.15, -0.1) is 0 Å². The summed E-state index contributed by atoms with van der Waals surface area (Å²) in [5.41, 5.74) is 1.04. The summed E-state index contributed by atoms with van der Waals surface area (Å²) in [5, 5.41) is 5.24. The lowest BCUT2D eigenvalue weighted by atomic mass is 9.98. The molecule has 25 heavy (non-hydrogen) atoms. The molecule has 2 aromatic rings. The number of benzene rings is 2. The first-order chi connectivity index (χ1) is 11.9. The van der Waals surface area contributed by atoms with Crippen LogP contribution in [-0.4, -0.2) is 37.5 Å². The fourth-order valence-corrected chi connectivity index (χ4v) is 4.70. The molecule has 0 aliphatic carbocycles. The third-order valence-corrected chi connectivity index (χ3v) is 6.12. The number of hydrogen-bond acceptors (Lipinski definition) is 3. The highest BCUT2D eigenvalue weighted by atomic mass is 32.2. The fourth-order valence-electron chi connectivity index (χ4n) is 3.58. The number of fused-ring (bicyclic) bond motifs is 1. The minimum atomic E-state index is -3.38. The molecule has 0 spiro atoms. The number of hydrogen-bond donors (Lipinski definition) is 1. The highest BCUT2D eigenvalue weighted by Crippen LogP contribution is 2.25. The first kappa shape index (κ1) is 17.9. The Morgan fingerprint density at radius 2 is 1.88 bits per heavy atom. The van der Waals surface area contributed by atoms with Crippen LogP contribution in [0.2, 0.25) is 0 Å². The zero-order chi connectivity index (χ0) is 18.0. The Morgan fingerprint density at radius 1 is 1.16 bits per heavy atom. The first-order valence-electron chi connectivity index (χ1n) is 8.63. The van der Waals surface area contributed by atoms with E-state index in [1.54, 1.807) is 0 Å². The van der Waals surface area contributed by atoms with Crippen molar-refractivity contribution in [1.29, 1.82) is 0 Å². The van der Waals surface area contributed by atoms with Gasteiger partial charge < -0.3 is 5.32 Å². The van der Waals surface area contributed by atoms with Crippen LogP contribution in [0.3, 0.4) is 0 Å². The number of amides is 1. The molecule has 0 aromatic heterocycles. The molecule has 1 aliphatic rings. The number of carbonyl (C=O) groups excluding carboxylic acids is 1. The smallest absolute Gasteiger partial charge is 0.238 e. The van der Waals surface area contributed by atoms with E-state index >= 15 is 0 Å². The molecule has 1 fully saturated rings. The minimum Gasteiger partial charge on any atom is -0.348 e. The number of rotatable bonds is 4. The maximum Gasteiger partial charge on any atom is 0.238 e. The van der Waals surface area contributed by atoms with Crippen LogP contribution in [0.5, 0.6) is 0 Å². The SMILES string of the molecule is CC(NC(=O)C1CCCCN1S(C)(=O)=O)c1cccc2ccccc12. The van der Waals surface area contributed by atoms with E-state index in [2.05, 4.69) is 5.32 Å². The summed E-state index contributed by atoms with van der Waals surface area (Å²) in [6, 6.07) is 13.3. The molecule has 2 unspecified atom stereocenters. The van der Waals surface area contributed by atoms with Crippen LogP contribution in [0, 0.1) is 0 Å². The van der Waals surface area contributed by atoms with Crippen LogP contribution in [0.1, 0.15) is 37.8 Å². The summed E-state index contributed by atoms with van der Waals surface area (Å²) in [6.07, 6.45) is 3.41. The van der Waals surface area contributed by atoms with Gasteiger partial charge in [-0.2, -0.15) is 4.31 Å². The lowest BCUT2D eigenvalue weighted by molar-refractivity contribution is -0.126. The number of piperidine rings is 1. The largest absolute Gasteiger partial charge is 0.348 e. The Labute approximate surface area is 149 Å². The molecule has 1 saturated heterocycles. The molecular weight excluding hydrogens is 336 g/mol. The van der Waals surface area contributed by atoms with Crippen molar-refractivity contribution in [1.82, 2.24) is 9.62 Å². The Morgan fingerprint density at radius 3 is 2.64 bits per heavy atom. The molecule has 1 amide bonds. The number of nitrogens with one attached hydrogen (secondary N) is 1. The number of nitrogens with zero attached hydrogens (tertiary/aromatic N) is 1. The zero-order valence-corrected chi connectivity index (χ0v) is 15.4. The summed E-state index contributed by atoms with van der Waals surface area (Å²) in [6.45, 7) is 2.35. The third-order valence-electron chi connectivity index (χ3n) is 4.83. The van der Waals surface area contributed by atoms with E-state index < -0.39 is 16.1 Å².